The molecule has 10 heteroatoms. The summed E-state index contributed by atoms with van der Waals surface area (Å²) >= 11 is 0. The molecule has 0 aliphatic carbocycles. The average Bonchev–Trinajstić information content (AvgIpc) is 2.70. The van der Waals surface area contributed by atoms with E-state index in [1.54, 1.807) is 50.2 Å². The van der Waals surface area contributed by atoms with Gasteiger partial charge in [-0.2, -0.15) is 0 Å². The summed E-state index contributed by atoms with van der Waals surface area (Å²) in [5.41, 5.74) is -1.19. The third-order valence-electron chi connectivity index (χ3n) is 5.27. The zero-order valence-corrected chi connectivity index (χ0v) is 17.9. The van der Waals surface area contributed by atoms with Gasteiger partial charge in [0.25, 0.3) is 0 Å². The topological polar surface area (TPSA) is 84.9 Å². The van der Waals surface area contributed by atoms with Crippen LogP contribution in [0.4, 0.5) is 13.2 Å². The molecule has 0 fully saturated rings. The highest BCUT2D eigenvalue weighted by atomic mass is 32.2. The molecule has 0 bridgehead atoms. The molecule has 0 radical (unpaired) electrons. The number of rotatable bonds is 4. The van der Waals surface area contributed by atoms with Gasteiger partial charge in [0, 0.05) is 10.9 Å². The predicted molar refractivity (Wildman–Crippen MR) is 111 cm³/mol. The van der Waals surface area contributed by atoms with Gasteiger partial charge in [-0.1, -0.05) is 36.4 Å². The molecule has 2 N–H and O–H groups in total. The van der Waals surface area contributed by atoms with Crippen molar-refractivity contribution in [3.05, 3.63) is 66.2 Å². The summed E-state index contributed by atoms with van der Waals surface area (Å²) in [6, 6.07) is 13.7. The van der Waals surface area contributed by atoms with Gasteiger partial charge in [0.05, 0.1) is 10.9 Å². The van der Waals surface area contributed by atoms with Gasteiger partial charge in [-0.3, -0.25) is 0 Å². The third-order valence-corrected chi connectivity index (χ3v) is 6.77. The zero-order valence-electron chi connectivity index (χ0n) is 17.1. The molecule has 0 unspecified atom stereocenters. The lowest BCUT2D eigenvalue weighted by molar-refractivity contribution is -0.274. The number of fused-ring (bicyclic) bond motifs is 2. The van der Waals surface area contributed by atoms with E-state index in [0.29, 0.717) is 10.8 Å². The van der Waals surface area contributed by atoms with Crippen molar-refractivity contribution in [2.24, 2.45) is 0 Å². The average molecular weight is 467 g/mol. The Labute approximate surface area is 182 Å². The molecule has 1 aliphatic heterocycles. The summed E-state index contributed by atoms with van der Waals surface area (Å²) in [4.78, 5) is -0.0173. The second-order valence-electron chi connectivity index (χ2n) is 7.97. The Bertz CT molecular complexity index is 1270. The monoisotopic (exact) mass is 467 g/mol. The van der Waals surface area contributed by atoms with Crippen LogP contribution in [0.2, 0.25) is 0 Å². The maximum atomic E-state index is 13.3. The summed E-state index contributed by atoms with van der Waals surface area (Å²) in [5, 5.41) is 12.0. The Balaban J connectivity index is 1.79. The van der Waals surface area contributed by atoms with Gasteiger partial charge in [0.2, 0.25) is 10.0 Å². The zero-order chi connectivity index (χ0) is 23.3. The van der Waals surface area contributed by atoms with E-state index in [9.17, 15) is 26.7 Å². The maximum absolute atomic E-state index is 13.3. The standard InChI is InChI=1S/C22H20F3NO5S/c1-21(2)20(27)19(16-12-14(30-22(23,24)25)10-11-17(16)31-21)26-32(28,29)18-9-5-7-13-6-3-4-8-15(13)18/h3-12,19-20,26-27H,1-2H3/t19-,20+/m1/s1. The lowest BCUT2D eigenvalue weighted by Gasteiger charge is -2.42. The molecular formula is C22H20F3NO5S. The molecule has 0 amide bonds. The first-order chi connectivity index (χ1) is 14.9. The van der Waals surface area contributed by atoms with E-state index in [2.05, 4.69) is 9.46 Å². The number of hydrogen-bond acceptors (Lipinski definition) is 5. The summed E-state index contributed by atoms with van der Waals surface area (Å²) in [5.74, 6) is -0.415. The molecule has 6 nitrogen and oxygen atoms in total. The van der Waals surface area contributed by atoms with Crippen molar-refractivity contribution in [2.45, 2.75) is 42.9 Å². The van der Waals surface area contributed by atoms with Crippen LogP contribution in [0.25, 0.3) is 10.8 Å². The number of nitrogens with one attached hydrogen (secondary N) is 1. The van der Waals surface area contributed by atoms with Gasteiger partial charge in [0.1, 0.15) is 23.2 Å². The van der Waals surface area contributed by atoms with Gasteiger partial charge >= 0.3 is 6.36 Å². The lowest BCUT2D eigenvalue weighted by atomic mass is 9.87. The Kier molecular flexibility index (Phi) is 5.35. The fourth-order valence-electron chi connectivity index (χ4n) is 3.76. The molecule has 3 aromatic carbocycles. The molecule has 3 aromatic rings. The van der Waals surface area contributed by atoms with Crippen LogP contribution in [0, 0.1) is 0 Å². The molecular weight excluding hydrogens is 447 g/mol. The number of aliphatic hydroxyl groups is 1. The quantitative estimate of drug-likeness (QED) is 0.598. The van der Waals surface area contributed by atoms with Crippen molar-refractivity contribution in [3.8, 4) is 11.5 Å². The number of benzene rings is 3. The first-order valence-corrected chi connectivity index (χ1v) is 11.1. The van der Waals surface area contributed by atoms with Gasteiger partial charge in [-0.05, 0) is 43.5 Å². The van der Waals surface area contributed by atoms with Crippen molar-refractivity contribution < 1.29 is 36.2 Å². The summed E-state index contributed by atoms with van der Waals surface area (Å²) in [7, 11) is -4.19. The lowest BCUT2D eigenvalue weighted by Crippen LogP contribution is -2.53. The van der Waals surface area contributed by atoms with Crippen molar-refractivity contribution in [1.29, 1.82) is 0 Å². The van der Waals surface area contributed by atoms with E-state index < -0.39 is 39.9 Å². The number of sulfonamides is 1. The molecule has 170 valence electrons. The highest BCUT2D eigenvalue weighted by Gasteiger charge is 2.45. The number of aliphatic hydroxyl groups excluding tert-OH is 1. The second kappa shape index (κ2) is 7.65. The minimum atomic E-state index is -4.93. The maximum Gasteiger partial charge on any atom is 0.573 e. The SMILES string of the molecule is CC1(C)Oc2ccc(OC(F)(F)F)cc2[C@@H](NS(=O)(=O)c2cccc3ccccc23)[C@@H]1O. The molecule has 0 saturated heterocycles. The van der Waals surface area contributed by atoms with Crippen molar-refractivity contribution in [3.63, 3.8) is 0 Å². The van der Waals surface area contributed by atoms with Crippen LogP contribution < -0.4 is 14.2 Å². The van der Waals surface area contributed by atoms with Gasteiger partial charge in [0.15, 0.2) is 0 Å². The Morgan fingerprint density at radius 3 is 2.47 bits per heavy atom. The molecule has 1 aliphatic rings. The van der Waals surface area contributed by atoms with E-state index in [1.165, 1.54) is 12.1 Å². The van der Waals surface area contributed by atoms with E-state index >= 15 is 0 Å². The van der Waals surface area contributed by atoms with Crippen molar-refractivity contribution in [2.75, 3.05) is 0 Å². The van der Waals surface area contributed by atoms with Gasteiger partial charge in [-0.15, -0.1) is 13.2 Å². The first kappa shape index (κ1) is 22.4. The Morgan fingerprint density at radius 1 is 1.06 bits per heavy atom. The highest BCUT2D eigenvalue weighted by molar-refractivity contribution is 7.89. The van der Waals surface area contributed by atoms with Gasteiger partial charge in [-0.25, -0.2) is 13.1 Å². The second-order valence-corrected chi connectivity index (χ2v) is 9.66. The summed E-state index contributed by atoms with van der Waals surface area (Å²) in [6.07, 6.45) is -6.33. The van der Waals surface area contributed by atoms with Crippen LogP contribution in [0.15, 0.2) is 65.6 Å². The van der Waals surface area contributed by atoms with Crippen molar-refractivity contribution >= 4 is 20.8 Å². The number of ether oxygens (including phenoxy) is 2. The predicted octanol–water partition coefficient (Wildman–Crippen LogP) is 4.29. The molecule has 32 heavy (non-hydrogen) atoms. The molecule has 0 spiro atoms. The molecule has 4 rings (SSSR count). The fourth-order valence-corrected chi connectivity index (χ4v) is 5.21. The first-order valence-electron chi connectivity index (χ1n) is 9.64. The number of halogens is 3. The van der Waals surface area contributed by atoms with E-state index in [0.717, 1.165) is 12.1 Å². The molecule has 1 heterocycles. The minimum Gasteiger partial charge on any atom is -0.485 e. The minimum absolute atomic E-state index is 0.0173. The number of alkyl halides is 3. The Hall–Kier alpha value is -2.82. The largest absolute Gasteiger partial charge is 0.573 e. The summed E-state index contributed by atoms with van der Waals surface area (Å²) < 4.78 is 76.9. The highest BCUT2D eigenvalue weighted by Crippen LogP contribution is 2.43. The van der Waals surface area contributed by atoms with Crippen LogP contribution in [-0.2, 0) is 10.0 Å². The van der Waals surface area contributed by atoms with E-state index in [1.807, 2.05) is 0 Å². The van der Waals surface area contributed by atoms with Crippen LogP contribution in [0.3, 0.4) is 0 Å². The van der Waals surface area contributed by atoms with Crippen LogP contribution in [-0.4, -0.2) is 31.6 Å². The number of hydrogen-bond donors (Lipinski definition) is 2. The van der Waals surface area contributed by atoms with Crippen LogP contribution in [0.5, 0.6) is 11.5 Å². The smallest absolute Gasteiger partial charge is 0.485 e. The van der Waals surface area contributed by atoms with Crippen LogP contribution in [0.1, 0.15) is 25.5 Å². The normalized spacial score (nSPS) is 20.4. The Morgan fingerprint density at radius 2 is 1.75 bits per heavy atom. The van der Waals surface area contributed by atoms with E-state index in [4.69, 9.17) is 4.74 Å². The van der Waals surface area contributed by atoms with Crippen molar-refractivity contribution in [1.82, 2.24) is 4.72 Å². The third kappa shape index (κ3) is 4.25. The van der Waals surface area contributed by atoms with Crippen LogP contribution >= 0.6 is 0 Å². The molecule has 0 aromatic heterocycles. The summed E-state index contributed by atoms with van der Waals surface area (Å²) in [6.45, 7) is 3.11. The van der Waals surface area contributed by atoms with Gasteiger partial charge < -0.3 is 14.6 Å². The van der Waals surface area contributed by atoms with E-state index in [-0.39, 0.29) is 16.2 Å². The molecule has 0 saturated carbocycles. The molecule has 2 atom stereocenters. The fraction of sp³-hybridized carbons (Fsp3) is 0.273.